The summed E-state index contributed by atoms with van der Waals surface area (Å²) in [7, 11) is 0. The average molecular weight is 393 g/mol. The molecule has 4 aromatic rings. The number of imidazole rings is 1. The van der Waals surface area contributed by atoms with E-state index in [4.69, 9.17) is 9.97 Å². The summed E-state index contributed by atoms with van der Waals surface area (Å²) >= 11 is 1.58. The van der Waals surface area contributed by atoms with E-state index in [0.717, 1.165) is 34.0 Å². The van der Waals surface area contributed by atoms with Gasteiger partial charge in [-0.25, -0.2) is 9.97 Å². The van der Waals surface area contributed by atoms with Gasteiger partial charge in [0.25, 0.3) is 5.56 Å². The predicted octanol–water partition coefficient (Wildman–Crippen LogP) is 4.69. The van der Waals surface area contributed by atoms with Crippen molar-refractivity contribution in [2.45, 2.75) is 44.6 Å². The minimum absolute atomic E-state index is 0.0413. The summed E-state index contributed by atoms with van der Waals surface area (Å²) in [4.78, 5) is 22.6. The summed E-state index contributed by atoms with van der Waals surface area (Å²) in [5.41, 5.74) is 3.90. The van der Waals surface area contributed by atoms with Crippen molar-refractivity contribution in [2.24, 2.45) is 5.92 Å². The highest BCUT2D eigenvalue weighted by Gasteiger charge is 2.13. The van der Waals surface area contributed by atoms with Crippen LogP contribution in [0.1, 0.15) is 31.5 Å². The first-order valence-corrected chi connectivity index (χ1v) is 10.6. The van der Waals surface area contributed by atoms with E-state index in [0.29, 0.717) is 23.6 Å². The number of thioether (sulfide) groups is 1. The van der Waals surface area contributed by atoms with Crippen molar-refractivity contribution in [3.8, 4) is 0 Å². The van der Waals surface area contributed by atoms with Crippen molar-refractivity contribution < 1.29 is 0 Å². The lowest BCUT2D eigenvalue weighted by molar-refractivity contribution is 0.481. The van der Waals surface area contributed by atoms with Gasteiger partial charge >= 0.3 is 0 Å². The summed E-state index contributed by atoms with van der Waals surface area (Å²) in [5, 5.41) is 1.44. The lowest BCUT2D eigenvalue weighted by atomic mass is 10.1. The van der Waals surface area contributed by atoms with Gasteiger partial charge in [-0.2, -0.15) is 0 Å². The highest BCUT2D eigenvalue weighted by atomic mass is 32.2. The van der Waals surface area contributed by atoms with Crippen molar-refractivity contribution in [1.29, 1.82) is 0 Å². The highest BCUT2D eigenvalue weighted by Crippen LogP contribution is 2.23. The lowest BCUT2D eigenvalue weighted by Gasteiger charge is -2.13. The molecule has 4 rings (SSSR count). The Kier molecular flexibility index (Phi) is 5.22. The SMILES string of the molecule is Cc1cccn2cc(CSc3nc4ccccc4c(=O)n3CCC(C)C)nc12. The van der Waals surface area contributed by atoms with Crippen LogP contribution in [0.5, 0.6) is 0 Å². The molecular weight excluding hydrogens is 368 g/mol. The van der Waals surface area contributed by atoms with Gasteiger partial charge in [0.05, 0.1) is 16.6 Å². The van der Waals surface area contributed by atoms with E-state index in [9.17, 15) is 4.79 Å². The van der Waals surface area contributed by atoms with Gasteiger partial charge in [-0.05, 0) is 43.0 Å². The average Bonchev–Trinajstić information content (AvgIpc) is 3.10. The van der Waals surface area contributed by atoms with E-state index >= 15 is 0 Å². The van der Waals surface area contributed by atoms with E-state index in [2.05, 4.69) is 26.8 Å². The Labute approximate surface area is 168 Å². The third-order valence-corrected chi connectivity index (χ3v) is 5.84. The summed E-state index contributed by atoms with van der Waals surface area (Å²) in [6.45, 7) is 7.09. The molecule has 0 radical (unpaired) electrons. The van der Waals surface area contributed by atoms with E-state index in [-0.39, 0.29) is 5.56 Å². The van der Waals surface area contributed by atoms with E-state index in [1.165, 1.54) is 0 Å². The third-order valence-electron chi connectivity index (χ3n) is 4.83. The number of aromatic nitrogens is 4. The monoisotopic (exact) mass is 392 g/mol. The van der Waals surface area contributed by atoms with Gasteiger partial charge < -0.3 is 4.40 Å². The molecule has 0 fully saturated rings. The molecule has 1 aromatic carbocycles. The molecule has 5 nitrogen and oxygen atoms in total. The number of rotatable bonds is 6. The molecule has 3 heterocycles. The first-order valence-electron chi connectivity index (χ1n) is 9.58. The van der Waals surface area contributed by atoms with Gasteiger partial charge in [-0.15, -0.1) is 0 Å². The number of para-hydroxylation sites is 1. The lowest BCUT2D eigenvalue weighted by Crippen LogP contribution is -2.24. The zero-order valence-corrected chi connectivity index (χ0v) is 17.2. The van der Waals surface area contributed by atoms with Crippen LogP contribution in [0, 0.1) is 12.8 Å². The molecule has 0 atom stereocenters. The topological polar surface area (TPSA) is 52.2 Å². The zero-order valence-electron chi connectivity index (χ0n) is 16.4. The zero-order chi connectivity index (χ0) is 19.7. The molecule has 0 bridgehead atoms. The molecule has 0 spiro atoms. The summed E-state index contributed by atoms with van der Waals surface area (Å²) in [6, 6.07) is 11.7. The van der Waals surface area contributed by atoms with Crippen LogP contribution in [0.15, 0.2) is 58.7 Å². The fourth-order valence-corrected chi connectivity index (χ4v) is 4.16. The Hall–Kier alpha value is -2.60. The molecule has 0 amide bonds. The fourth-order valence-electron chi connectivity index (χ4n) is 3.25. The standard InChI is InChI=1S/C22H24N4OS/c1-15(2)10-12-26-21(27)18-8-4-5-9-19(18)24-22(26)28-14-17-13-25-11-6-7-16(3)20(25)23-17/h4-9,11,13,15H,10,12,14H2,1-3H3. The van der Waals surface area contributed by atoms with E-state index in [1.807, 2.05) is 51.7 Å². The van der Waals surface area contributed by atoms with Crippen molar-refractivity contribution in [2.75, 3.05) is 0 Å². The van der Waals surface area contributed by atoms with Crippen LogP contribution in [-0.2, 0) is 12.3 Å². The molecule has 28 heavy (non-hydrogen) atoms. The van der Waals surface area contributed by atoms with Crippen LogP contribution in [0.3, 0.4) is 0 Å². The number of hydrogen-bond acceptors (Lipinski definition) is 4. The second-order valence-corrected chi connectivity index (χ2v) is 8.44. The van der Waals surface area contributed by atoms with E-state index < -0.39 is 0 Å². The molecule has 0 N–H and O–H groups in total. The Bertz CT molecular complexity index is 1190. The number of pyridine rings is 1. The summed E-state index contributed by atoms with van der Waals surface area (Å²) in [6.07, 6.45) is 5.00. The summed E-state index contributed by atoms with van der Waals surface area (Å²) < 4.78 is 3.87. The first kappa shape index (κ1) is 18.7. The van der Waals surface area contributed by atoms with Gasteiger partial charge in [-0.3, -0.25) is 9.36 Å². The minimum Gasteiger partial charge on any atom is -0.307 e. The second kappa shape index (κ2) is 7.80. The Balaban J connectivity index is 1.68. The van der Waals surface area contributed by atoms with Gasteiger partial charge in [0, 0.05) is 24.7 Å². The molecular formula is C22H24N4OS. The van der Waals surface area contributed by atoms with Crippen molar-refractivity contribution in [3.05, 3.63) is 70.4 Å². The number of aryl methyl sites for hydroxylation is 1. The van der Waals surface area contributed by atoms with Crippen molar-refractivity contribution in [3.63, 3.8) is 0 Å². The van der Waals surface area contributed by atoms with Crippen LogP contribution in [0.2, 0.25) is 0 Å². The van der Waals surface area contributed by atoms with Gasteiger partial charge in [0.1, 0.15) is 5.65 Å². The largest absolute Gasteiger partial charge is 0.307 e. The van der Waals surface area contributed by atoms with Gasteiger partial charge in [0.2, 0.25) is 0 Å². The number of benzene rings is 1. The molecule has 0 saturated carbocycles. The molecule has 0 saturated heterocycles. The van der Waals surface area contributed by atoms with Crippen molar-refractivity contribution >= 4 is 28.3 Å². The maximum Gasteiger partial charge on any atom is 0.262 e. The van der Waals surface area contributed by atoms with Gasteiger partial charge in [0.15, 0.2) is 5.16 Å². The van der Waals surface area contributed by atoms with Crippen molar-refractivity contribution in [1.82, 2.24) is 18.9 Å². The smallest absolute Gasteiger partial charge is 0.262 e. The fraction of sp³-hybridized carbons (Fsp3) is 0.318. The molecule has 3 aromatic heterocycles. The normalized spacial score (nSPS) is 11.7. The highest BCUT2D eigenvalue weighted by molar-refractivity contribution is 7.98. The predicted molar refractivity (Wildman–Crippen MR) is 115 cm³/mol. The maximum atomic E-state index is 13.0. The first-order chi connectivity index (χ1) is 13.5. The maximum absolute atomic E-state index is 13.0. The number of hydrogen-bond donors (Lipinski definition) is 0. The Morgan fingerprint density at radius 1 is 1.11 bits per heavy atom. The van der Waals surface area contributed by atoms with Crippen LogP contribution in [-0.4, -0.2) is 18.9 Å². The molecule has 0 unspecified atom stereocenters. The van der Waals surface area contributed by atoms with Crippen LogP contribution >= 0.6 is 11.8 Å². The number of fused-ring (bicyclic) bond motifs is 2. The molecule has 0 aliphatic heterocycles. The van der Waals surface area contributed by atoms with Crippen LogP contribution in [0.25, 0.3) is 16.6 Å². The van der Waals surface area contributed by atoms with Gasteiger partial charge in [-0.1, -0.05) is 43.8 Å². The van der Waals surface area contributed by atoms with Crippen LogP contribution < -0.4 is 5.56 Å². The molecule has 6 heteroatoms. The Morgan fingerprint density at radius 3 is 2.71 bits per heavy atom. The molecule has 0 aliphatic carbocycles. The molecule has 0 aliphatic rings. The quantitative estimate of drug-likeness (QED) is 0.353. The molecule has 144 valence electrons. The Morgan fingerprint density at radius 2 is 1.93 bits per heavy atom. The number of nitrogens with zero attached hydrogens (tertiary/aromatic N) is 4. The van der Waals surface area contributed by atoms with Crippen LogP contribution in [0.4, 0.5) is 0 Å². The second-order valence-electron chi connectivity index (χ2n) is 7.49. The minimum atomic E-state index is 0.0413. The van der Waals surface area contributed by atoms with E-state index in [1.54, 1.807) is 11.8 Å². The third kappa shape index (κ3) is 3.69. The summed E-state index contributed by atoms with van der Waals surface area (Å²) in [5.74, 6) is 1.20.